The Kier molecular flexibility index (Phi) is 7.49. The Labute approximate surface area is 111 Å². The smallest absolute Gasteiger partial charge is 0.0769 e. The van der Waals surface area contributed by atoms with Crippen LogP contribution in [0.3, 0.4) is 0 Å². The van der Waals surface area contributed by atoms with Crippen molar-refractivity contribution in [3.05, 3.63) is 12.1 Å². The van der Waals surface area contributed by atoms with Crippen LogP contribution in [0.5, 0.6) is 0 Å². The second-order valence-corrected chi connectivity index (χ2v) is 2.16. The number of piperazine rings is 1. The van der Waals surface area contributed by atoms with Gasteiger partial charge in [0.1, 0.15) is 0 Å². The van der Waals surface area contributed by atoms with Crippen molar-refractivity contribution in [2.75, 3.05) is 0 Å². The standard InChI is InChI=1S/C6H8N2O2.W.Y/c1-3-5(9)8-4(2)6(10)7-3;;/h1-2H3,(H,7,10)(H,8,9);;/q-2;;. The van der Waals surface area contributed by atoms with Crippen LogP contribution in [0, 0.1) is 12.1 Å². The fraction of sp³-hybridized carbons (Fsp3) is 0.333. The molecule has 1 radical (unpaired) electrons. The van der Waals surface area contributed by atoms with Crippen molar-refractivity contribution in [2.45, 2.75) is 13.8 Å². The third kappa shape index (κ3) is 3.46. The second-order valence-electron chi connectivity index (χ2n) is 2.16. The summed E-state index contributed by atoms with van der Waals surface area (Å²) in [6, 6.07) is 0.686. The molecule has 1 aliphatic rings. The van der Waals surface area contributed by atoms with Crippen molar-refractivity contribution in [2.24, 2.45) is 0 Å². The van der Waals surface area contributed by atoms with Crippen LogP contribution in [0.15, 0.2) is 0 Å². The summed E-state index contributed by atoms with van der Waals surface area (Å²) in [6.07, 6.45) is 0. The van der Waals surface area contributed by atoms with E-state index < -0.39 is 0 Å². The molecule has 4 nitrogen and oxygen atoms in total. The summed E-state index contributed by atoms with van der Waals surface area (Å²) in [5.41, 5.74) is 0. The Morgan fingerprint density at radius 1 is 1.00 bits per heavy atom. The number of carbonyl (C=O) groups excluding carboxylic acids is 2. The fourth-order valence-corrected chi connectivity index (χ4v) is 0.642. The van der Waals surface area contributed by atoms with Gasteiger partial charge in [-0.1, -0.05) is 0 Å². The third-order valence-electron chi connectivity index (χ3n) is 1.28. The van der Waals surface area contributed by atoms with Crippen molar-refractivity contribution in [1.29, 1.82) is 0 Å². The molecule has 0 aromatic rings. The predicted molar refractivity (Wildman–Crippen MR) is 34.1 cm³/mol. The molecule has 0 aromatic heterocycles. The fourth-order valence-electron chi connectivity index (χ4n) is 0.642. The minimum atomic E-state index is -0.239. The molecule has 0 saturated carbocycles. The minimum absolute atomic E-state index is 0. The van der Waals surface area contributed by atoms with Crippen LogP contribution < -0.4 is 10.6 Å². The molecule has 1 fully saturated rings. The van der Waals surface area contributed by atoms with Gasteiger partial charge >= 0.3 is 0 Å². The minimum Gasteiger partial charge on any atom is -0.503 e. The Hall–Kier alpha value is 0.472. The molecule has 1 aliphatic heterocycles. The number of amides is 2. The first-order chi connectivity index (χ1) is 4.61. The quantitative estimate of drug-likeness (QED) is 0.519. The Morgan fingerprint density at radius 2 is 1.25 bits per heavy atom. The molecular formula is C6H8N2O2WY-2. The van der Waals surface area contributed by atoms with Gasteiger partial charge in [0.2, 0.25) is 0 Å². The van der Waals surface area contributed by atoms with Gasteiger partial charge in [0.25, 0.3) is 0 Å². The van der Waals surface area contributed by atoms with Gasteiger partial charge in [0.15, 0.2) is 0 Å². The van der Waals surface area contributed by atoms with E-state index in [1.807, 2.05) is 0 Å². The molecular weight excluding hydrogens is 405 g/mol. The zero-order valence-corrected chi connectivity index (χ0v) is 12.6. The zero-order valence-electron chi connectivity index (χ0n) is 6.80. The maximum atomic E-state index is 10.8. The van der Waals surface area contributed by atoms with E-state index in [4.69, 9.17) is 0 Å². The van der Waals surface area contributed by atoms with Crippen LogP contribution in [0.4, 0.5) is 0 Å². The molecule has 0 unspecified atom stereocenters. The predicted octanol–water partition coefficient (Wildman–Crippen LogP) is -0.669. The van der Waals surface area contributed by atoms with Crippen LogP contribution in [0.2, 0.25) is 0 Å². The average Bonchev–Trinajstić information content (AvgIpc) is 1.84. The Bertz CT molecular complexity index is 168. The van der Waals surface area contributed by atoms with Gasteiger partial charge in [-0.25, -0.2) is 12.1 Å². The van der Waals surface area contributed by atoms with Gasteiger partial charge < -0.3 is 20.2 Å². The van der Waals surface area contributed by atoms with Gasteiger partial charge in [-0.3, -0.25) is 0 Å². The van der Waals surface area contributed by atoms with E-state index in [1.165, 1.54) is 0 Å². The Balaban J connectivity index is 0. The molecule has 1 saturated heterocycles. The average molecular weight is 413 g/mol. The first-order valence-corrected chi connectivity index (χ1v) is 2.91. The van der Waals surface area contributed by atoms with E-state index in [1.54, 1.807) is 13.8 Å². The van der Waals surface area contributed by atoms with E-state index in [0.29, 0.717) is 12.1 Å². The largest absolute Gasteiger partial charge is 0.503 e. The molecule has 0 aromatic carbocycles. The Morgan fingerprint density at radius 3 is 1.50 bits per heavy atom. The van der Waals surface area contributed by atoms with E-state index in [2.05, 4.69) is 10.6 Å². The number of hydrogen-bond acceptors (Lipinski definition) is 2. The molecule has 6 heteroatoms. The summed E-state index contributed by atoms with van der Waals surface area (Å²) in [6.45, 7) is 3.11. The van der Waals surface area contributed by atoms with Crippen molar-refractivity contribution in [1.82, 2.24) is 10.6 Å². The van der Waals surface area contributed by atoms with Crippen molar-refractivity contribution < 1.29 is 63.4 Å². The van der Waals surface area contributed by atoms with Crippen molar-refractivity contribution in [3.8, 4) is 0 Å². The molecule has 65 valence electrons. The summed E-state index contributed by atoms with van der Waals surface area (Å²) >= 11 is 0. The SMILES string of the molecule is C[C-]1NC(=O)[C-](C)NC1=O.[W].[Y]. The summed E-state index contributed by atoms with van der Waals surface area (Å²) in [5.74, 6) is -0.478. The summed E-state index contributed by atoms with van der Waals surface area (Å²) in [5, 5.41) is 4.81. The molecule has 2 amide bonds. The first-order valence-electron chi connectivity index (χ1n) is 2.91. The van der Waals surface area contributed by atoms with Crippen LogP contribution in [0.1, 0.15) is 13.8 Å². The number of hydrogen-bond donors (Lipinski definition) is 2. The molecule has 1 rings (SSSR count). The van der Waals surface area contributed by atoms with Crippen molar-refractivity contribution >= 4 is 11.8 Å². The van der Waals surface area contributed by atoms with Crippen LogP contribution >= 0.6 is 0 Å². The molecule has 0 bridgehead atoms. The van der Waals surface area contributed by atoms with Crippen LogP contribution in [-0.2, 0) is 63.4 Å². The van der Waals surface area contributed by atoms with Gasteiger partial charge in [-0.2, -0.15) is 13.8 Å². The van der Waals surface area contributed by atoms with Crippen LogP contribution in [0.25, 0.3) is 0 Å². The second kappa shape index (κ2) is 6.01. The normalized spacial score (nSPS) is 15.5. The zero-order chi connectivity index (χ0) is 7.72. The summed E-state index contributed by atoms with van der Waals surface area (Å²) in [7, 11) is 0. The number of rotatable bonds is 0. The molecule has 12 heavy (non-hydrogen) atoms. The molecule has 2 N–H and O–H groups in total. The van der Waals surface area contributed by atoms with Crippen molar-refractivity contribution in [3.63, 3.8) is 0 Å². The van der Waals surface area contributed by atoms with Gasteiger partial charge in [0, 0.05) is 53.8 Å². The third-order valence-corrected chi connectivity index (χ3v) is 1.28. The maximum absolute atomic E-state index is 10.8. The molecule has 0 spiro atoms. The maximum Gasteiger partial charge on any atom is 0.0769 e. The van der Waals surface area contributed by atoms with E-state index in [9.17, 15) is 9.59 Å². The van der Waals surface area contributed by atoms with Gasteiger partial charge in [0.05, 0.1) is 11.8 Å². The van der Waals surface area contributed by atoms with Gasteiger partial charge in [-0.05, 0) is 0 Å². The number of carbonyl (C=O) groups is 2. The summed E-state index contributed by atoms with van der Waals surface area (Å²) < 4.78 is 0. The monoisotopic (exact) mass is 413 g/mol. The topological polar surface area (TPSA) is 58.2 Å². The van der Waals surface area contributed by atoms with E-state index in [-0.39, 0.29) is 65.6 Å². The molecule has 0 aliphatic carbocycles. The molecule has 0 atom stereocenters. The van der Waals surface area contributed by atoms with Gasteiger partial charge in [-0.15, -0.1) is 0 Å². The van der Waals surface area contributed by atoms with E-state index >= 15 is 0 Å². The summed E-state index contributed by atoms with van der Waals surface area (Å²) in [4.78, 5) is 21.5. The number of nitrogens with one attached hydrogen (secondary N) is 2. The first kappa shape index (κ1) is 15.0. The van der Waals surface area contributed by atoms with E-state index in [0.717, 1.165) is 0 Å². The molecule has 1 heterocycles. The van der Waals surface area contributed by atoms with Crippen LogP contribution in [-0.4, -0.2) is 11.8 Å².